The van der Waals surface area contributed by atoms with Crippen LogP contribution in [0, 0.1) is 5.82 Å². The van der Waals surface area contributed by atoms with Crippen LogP contribution in [0.1, 0.15) is 5.56 Å². The zero-order valence-electron chi connectivity index (χ0n) is 13.7. The maximum Gasteiger partial charge on any atom is 0.167 e. The van der Waals surface area contributed by atoms with Crippen molar-refractivity contribution in [3.05, 3.63) is 60.3 Å². The molecule has 4 rings (SSSR count). The monoisotopic (exact) mass is 336 g/mol. The summed E-state index contributed by atoms with van der Waals surface area (Å²) in [5, 5.41) is 5.28. The van der Waals surface area contributed by atoms with E-state index in [1.54, 1.807) is 6.07 Å². The number of nitrogens with zero attached hydrogens (tertiary/aromatic N) is 2. The molecule has 0 spiro atoms. The maximum atomic E-state index is 13.8. The molecule has 126 valence electrons. The van der Waals surface area contributed by atoms with E-state index in [1.807, 2.05) is 18.3 Å². The van der Waals surface area contributed by atoms with Crippen molar-refractivity contribution in [2.24, 2.45) is 0 Å². The molecule has 4 aromatic rings. The number of aromatic nitrogens is 3. The van der Waals surface area contributed by atoms with Gasteiger partial charge in [-0.1, -0.05) is 18.2 Å². The molecule has 25 heavy (non-hydrogen) atoms. The molecule has 5 nitrogen and oxygen atoms in total. The molecule has 6 heteroatoms. The molecule has 0 unspecified atom stereocenters. The molecule has 0 aliphatic heterocycles. The van der Waals surface area contributed by atoms with E-state index in [0.717, 1.165) is 17.3 Å². The van der Waals surface area contributed by atoms with Gasteiger partial charge < -0.3 is 15.0 Å². The van der Waals surface area contributed by atoms with Crippen molar-refractivity contribution >= 4 is 27.6 Å². The van der Waals surface area contributed by atoms with Crippen LogP contribution in [-0.2, 0) is 6.42 Å². The Balaban J connectivity index is 1.56. The first-order chi connectivity index (χ1) is 12.3. The second kappa shape index (κ2) is 6.39. The second-order valence-electron chi connectivity index (χ2n) is 5.76. The first-order valence-electron chi connectivity index (χ1n) is 8.03. The van der Waals surface area contributed by atoms with E-state index in [9.17, 15) is 4.39 Å². The van der Waals surface area contributed by atoms with E-state index < -0.39 is 5.82 Å². The third-order valence-corrected chi connectivity index (χ3v) is 4.27. The van der Waals surface area contributed by atoms with Crippen molar-refractivity contribution in [1.29, 1.82) is 0 Å². The van der Waals surface area contributed by atoms with E-state index in [4.69, 9.17) is 4.74 Å². The average Bonchev–Trinajstić information content (AvgIpc) is 3.04. The van der Waals surface area contributed by atoms with Crippen LogP contribution < -0.4 is 10.1 Å². The number of halogens is 1. The lowest BCUT2D eigenvalue weighted by Gasteiger charge is -2.10. The average molecular weight is 336 g/mol. The Morgan fingerprint density at radius 1 is 1.16 bits per heavy atom. The fourth-order valence-corrected chi connectivity index (χ4v) is 3.01. The van der Waals surface area contributed by atoms with Crippen molar-refractivity contribution in [2.75, 3.05) is 19.0 Å². The molecule has 2 heterocycles. The van der Waals surface area contributed by atoms with Crippen LogP contribution in [0.15, 0.2) is 48.9 Å². The molecule has 0 saturated carbocycles. The zero-order valence-corrected chi connectivity index (χ0v) is 13.7. The summed E-state index contributed by atoms with van der Waals surface area (Å²) in [6, 6.07) is 11.2. The van der Waals surface area contributed by atoms with Crippen molar-refractivity contribution in [3.8, 4) is 5.75 Å². The van der Waals surface area contributed by atoms with Gasteiger partial charge in [-0.3, -0.25) is 0 Å². The van der Waals surface area contributed by atoms with Crippen molar-refractivity contribution in [3.63, 3.8) is 0 Å². The maximum absolute atomic E-state index is 13.8. The number of rotatable bonds is 5. The molecule has 0 aliphatic carbocycles. The standard InChI is InChI=1S/C19H17FN4O/c1-25-18-8-14-17(9-15(18)20)23-11-24-19(14)21-7-6-12-10-22-16-5-3-2-4-13(12)16/h2-5,8-11,22H,6-7H2,1H3,(H,21,23,24). The number of methoxy groups -OCH3 is 1. The first kappa shape index (κ1) is 15.4. The van der Waals surface area contributed by atoms with Crippen molar-refractivity contribution < 1.29 is 9.13 Å². The third kappa shape index (κ3) is 2.87. The number of hydrogen-bond donors (Lipinski definition) is 2. The number of anilines is 1. The highest BCUT2D eigenvalue weighted by molar-refractivity contribution is 5.90. The van der Waals surface area contributed by atoms with Crippen molar-refractivity contribution in [1.82, 2.24) is 15.0 Å². The Hall–Kier alpha value is -3.15. The summed E-state index contributed by atoms with van der Waals surface area (Å²) in [6.07, 6.45) is 4.30. The van der Waals surface area contributed by atoms with E-state index in [2.05, 4.69) is 32.4 Å². The summed E-state index contributed by atoms with van der Waals surface area (Å²) in [5.74, 6) is 0.420. The predicted molar refractivity (Wildman–Crippen MR) is 96.5 cm³/mol. The summed E-state index contributed by atoms with van der Waals surface area (Å²) in [4.78, 5) is 11.7. The highest BCUT2D eigenvalue weighted by Crippen LogP contribution is 2.27. The van der Waals surface area contributed by atoms with E-state index in [1.165, 1.54) is 30.5 Å². The summed E-state index contributed by atoms with van der Waals surface area (Å²) in [7, 11) is 1.44. The molecule has 0 aliphatic rings. The molecule has 2 N–H and O–H groups in total. The highest BCUT2D eigenvalue weighted by atomic mass is 19.1. The number of fused-ring (bicyclic) bond motifs is 2. The largest absolute Gasteiger partial charge is 0.494 e. The lowest BCUT2D eigenvalue weighted by molar-refractivity contribution is 0.387. The molecule has 2 aromatic heterocycles. The van der Waals surface area contributed by atoms with Crippen LogP contribution in [0.5, 0.6) is 5.75 Å². The Bertz CT molecular complexity index is 1040. The van der Waals surface area contributed by atoms with Gasteiger partial charge in [-0.2, -0.15) is 0 Å². The number of para-hydroxylation sites is 1. The predicted octanol–water partition coefficient (Wildman–Crippen LogP) is 3.91. The SMILES string of the molecule is COc1cc2c(NCCc3c[nH]c4ccccc34)ncnc2cc1F. The highest BCUT2D eigenvalue weighted by Gasteiger charge is 2.10. The molecule has 2 aromatic carbocycles. The Labute approximate surface area is 143 Å². The van der Waals surface area contributed by atoms with E-state index in [-0.39, 0.29) is 5.75 Å². The number of nitrogens with one attached hydrogen (secondary N) is 2. The van der Waals surface area contributed by atoms with E-state index >= 15 is 0 Å². The fraction of sp³-hybridized carbons (Fsp3) is 0.158. The normalized spacial score (nSPS) is 11.1. The van der Waals surface area contributed by atoms with Crippen LogP contribution >= 0.6 is 0 Å². The summed E-state index contributed by atoms with van der Waals surface area (Å²) in [6.45, 7) is 0.702. The number of H-pyrrole nitrogens is 1. The van der Waals surface area contributed by atoms with E-state index in [0.29, 0.717) is 17.9 Å². The lowest BCUT2D eigenvalue weighted by atomic mass is 10.1. The molecule has 0 amide bonds. The van der Waals surface area contributed by atoms with Gasteiger partial charge in [-0.05, 0) is 24.1 Å². The summed E-state index contributed by atoms with van der Waals surface area (Å²) in [5.41, 5.74) is 2.91. The quantitative estimate of drug-likeness (QED) is 0.580. The molecule has 0 saturated heterocycles. The van der Waals surface area contributed by atoms with Crippen LogP contribution in [0.3, 0.4) is 0 Å². The fourth-order valence-electron chi connectivity index (χ4n) is 3.01. The Morgan fingerprint density at radius 2 is 2.04 bits per heavy atom. The minimum absolute atomic E-state index is 0.182. The number of hydrogen-bond acceptors (Lipinski definition) is 4. The van der Waals surface area contributed by atoms with Crippen molar-refractivity contribution in [2.45, 2.75) is 6.42 Å². The van der Waals surface area contributed by atoms with Gasteiger partial charge in [0, 0.05) is 35.1 Å². The van der Waals surface area contributed by atoms with Gasteiger partial charge in [0.2, 0.25) is 0 Å². The minimum Gasteiger partial charge on any atom is -0.494 e. The lowest BCUT2D eigenvalue weighted by Crippen LogP contribution is -2.07. The van der Waals surface area contributed by atoms with Gasteiger partial charge in [0.05, 0.1) is 12.6 Å². The van der Waals surface area contributed by atoms with Crippen LogP contribution in [-0.4, -0.2) is 28.6 Å². The third-order valence-electron chi connectivity index (χ3n) is 4.27. The van der Waals surface area contributed by atoms with Gasteiger partial charge in [0.1, 0.15) is 12.1 Å². The van der Waals surface area contributed by atoms with Gasteiger partial charge in [-0.15, -0.1) is 0 Å². The number of ether oxygens (including phenoxy) is 1. The molecule has 0 atom stereocenters. The van der Waals surface area contributed by atoms with Crippen LogP contribution in [0.2, 0.25) is 0 Å². The van der Waals surface area contributed by atoms with Crippen LogP contribution in [0.25, 0.3) is 21.8 Å². The smallest absolute Gasteiger partial charge is 0.167 e. The Morgan fingerprint density at radius 3 is 2.92 bits per heavy atom. The molecular weight excluding hydrogens is 319 g/mol. The van der Waals surface area contributed by atoms with Gasteiger partial charge in [0.15, 0.2) is 11.6 Å². The van der Waals surface area contributed by atoms with Gasteiger partial charge in [-0.25, -0.2) is 14.4 Å². The first-order valence-corrected chi connectivity index (χ1v) is 8.03. The van der Waals surface area contributed by atoms with Gasteiger partial charge >= 0.3 is 0 Å². The topological polar surface area (TPSA) is 62.8 Å². The second-order valence-corrected chi connectivity index (χ2v) is 5.76. The Kier molecular flexibility index (Phi) is 3.93. The summed E-state index contributed by atoms with van der Waals surface area (Å²) < 4.78 is 18.9. The zero-order chi connectivity index (χ0) is 17.2. The molecule has 0 fully saturated rings. The minimum atomic E-state index is -0.432. The van der Waals surface area contributed by atoms with Gasteiger partial charge in [0.25, 0.3) is 0 Å². The number of aromatic amines is 1. The molecular formula is C19H17FN4O. The molecule has 0 radical (unpaired) electrons. The molecule has 0 bridgehead atoms. The summed E-state index contributed by atoms with van der Waals surface area (Å²) >= 11 is 0. The number of benzene rings is 2. The van der Waals surface area contributed by atoms with Crippen LogP contribution in [0.4, 0.5) is 10.2 Å².